The lowest BCUT2D eigenvalue weighted by atomic mass is 10.0. The van der Waals surface area contributed by atoms with Gasteiger partial charge < -0.3 is 9.88 Å². The number of aryl methyl sites for hydroxylation is 4. The summed E-state index contributed by atoms with van der Waals surface area (Å²) in [4.78, 5) is 31.1. The van der Waals surface area contributed by atoms with Crippen LogP contribution in [0.4, 0.5) is 5.69 Å². The van der Waals surface area contributed by atoms with E-state index in [2.05, 4.69) is 10.3 Å². The Kier molecular flexibility index (Phi) is 6.22. The predicted octanol–water partition coefficient (Wildman–Crippen LogP) is 5.64. The third kappa shape index (κ3) is 4.35. The van der Waals surface area contributed by atoms with Crippen molar-refractivity contribution in [1.82, 2.24) is 9.55 Å². The third-order valence-electron chi connectivity index (χ3n) is 5.82. The number of hydrogen-bond donors (Lipinski definition) is 1. The Balaban J connectivity index is 1.98. The minimum Gasteiger partial charge on any atom is -0.321 e. The summed E-state index contributed by atoms with van der Waals surface area (Å²) < 4.78 is 1.97. The molecule has 5 heteroatoms. The van der Waals surface area contributed by atoms with Crippen LogP contribution in [0.2, 0.25) is 0 Å². The number of pyridine rings is 2. The van der Waals surface area contributed by atoms with Crippen LogP contribution in [0.3, 0.4) is 0 Å². The van der Waals surface area contributed by atoms with Gasteiger partial charge in [0.15, 0.2) is 5.43 Å². The van der Waals surface area contributed by atoms with E-state index in [-0.39, 0.29) is 11.0 Å². The van der Waals surface area contributed by atoms with Gasteiger partial charge in [0.1, 0.15) is 5.56 Å². The summed E-state index contributed by atoms with van der Waals surface area (Å²) >= 11 is 0. The fraction of sp³-hybridized carbons (Fsp3) is 0.179. The minimum atomic E-state index is -0.419. The summed E-state index contributed by atoms with van der Waals surface area (Å²) in [6, 6.07) is 19.1. The lowest BCUT2D eigenvalue weighted by molar-refractivity contribution is 0.102. The number of benzene rings is 2. The molecule has 0 saturated heterocycles. The van der Waals surface area contributed by atoms with Gasteiger partial charge in [-0.1, -0.05) is 37.3 Å². The first-order chi connectivity index (χ1) is 15.9. The summed E-state index contributed by atoms with van der Waals surface area (Å²) in [7, 11) is 0. The summed E-state index contributed by atoms with van der Waals surface area (Å²) in [5.74, 6) is -0.419. The van der Waals surface area contributed by atoms with Gasteiger partial charge in [-0.3, -0.25) is 14.6 Å². The number of nitrogens with zero attached hydrogens (tertiary/aromatic N) is 2. The number of anilines is 1. The van der Waals surface area contributed by atoms with Crippen LogP contribution >= 0.6 is 0 Å². The molecule has 0 unspecified atom stereocenters. The molecule has 0 atom stereocenters. The maximum Gasteiger partial charge on any atom is 0.261 e. The standard InChI is InChI=1S/C28H27N3O2/c1-5-21-10-7-9-19(3)26(21)30-28(33)25-24(32)17-20(4)31(23-11-6-8-18(2)16-23)27(25)22-12-14-29-15-13-22/h6-17H,5H2,1-4H3,(H,30,33). The average molecular weight is 438 g/mol. The Hall–Kier alpha value is -3.99. The van der Waals surface area contributed by atoms with Gasteiger partial charge in [0.05, 0.1) is 5.69 Å². The Labute approximate surface area is 193 Å². The molecule has 2 aromatic heterocycles. The maximum atomic E-state index is 13.7. The second kappa shape index (κ2) is 9.25. The zero-order valence-corrected chi connectivity index (χ0v) is 19.3. The summed E-state index contributed by atoms with van der Waals surface area (Å²) in [5, 5.41) is 3.04. The topological polar surface area (TPSA) is 64.0 Å². The highest BCUT2D eigenvalue weighted by Gasteiger charge is 2.23. The molecule has 1 N–H and O–H groups in total. The van der Waals surface area contributed by atoms with E-state index >= 15 is 0 Å². The molecule has 4 aromatic rings. The molecule has 0 aliphatic rings. The molecule has 0 bridgehead atoms. The van der Waals surface area contributed by atoms with Gasteiger partial charge in [0.25, 0.3) is 5.91 Å². The molecular weight excluding hydrogens is 410 g/mol. The number of aromatic nitrogens is 2. The molecule has 2 heterocycles. The van der Waals surface area contributed by atoms with Crippen LogP contribution in [-0.4, -0.2) is 15.5 Å². The molecule has 0 spiro atoms. The normalized spacial score (nSPS) is 10.8. The number of para-hydroxylation sites is 1. The van der Waals surface area contributed by atoms with Crippen molar-refractivity contribution in [1.29, 1.82) is 0 Å². The lowest BCUT2D eigenvalue weighted by Gasteiger charge is -2.21. The van der Waals surface area contributed by atoms with Gasteiger partial charge in [-0.15, -0.1) is 0 Å². The summed E-state index contributed by atoms with van der Waals surface area (Å²) in [6.45, 7) is 7.90. The van der Waals surface area contributed by atoms with Crippen molar-refractivity contribution in [3.8, 4) is 16.9 Å². The SMILES string of the molecule is CCc1cccc(C)c1NC(=O)c1c(-c2ccncc2)n(-c2cccc(C)c2)c(C)cc1=O. The third-order valence-corrected chi connectivity index (χ3v) is 5.82. The Bertz CT molecular complexity index is 1390. The average Bonchev–Trinajstić information content (AvgIpc) is 2.80. The van der Waals surface area contributed by atoms with Crippen LogP contribution in [0.15, 0.2) is 77.9 Å². The first-order valence-corrected chi connectivity index (χ1v) is 11.0. The van der Waals surface area contributed by atoms with Gasteiger partial charge >= 0.3 is 0 Å². The highest BCUT2D eigenvalue weighted by molar-refractivity contribution is 6.09. The zero-order chi connectivity index (χ0) is 23.5. The molecule has 2 aromatic carbocycles. The van der Waals surface area contributed by atoms with Crippen LogP contribution in [0.1, 0.15) is 39.7 Å². The van der Waals surface area contributed by atoms with Crippen LogP contribution in [0.25, 0.3) is 16.9 Å². The van der Waals surface area contributed by atoms with E-state index in [1.807, 2.05) is 86.9 Å². The molecule has 166 valence electrons. The van der Waals surface area contributed by atoms with E-state index in [1.165, 1.54) is 6.07 Å². The highest BCUT2D eigenvalue weighted by Crippen LogP contribution is 2.29. The van der Waals surface area contributed by atoms with Crippen LogP contribution in [0, 0.1) is 20.8 Å². The quantitative estimate of drug-likeness (QED) is 0.439. The van der Waals surface area contributed by atoms with Crippen LogP contribution < -0.4 is 10.7 Å². The molecule has 1 amide bonds. The molecular formula is C28H27N3O2. The second-order valence-electron chi connectivity index (χ2n) is 8.20. The van der Waals surface area contributed by atoms with Crippen molar-refractivity contribution in [2.45, 2.75) is 34.1 Å². The van der Waals surface area contributed by atoms with E-state index in [9.17, 15) is 9.59 Å². The fourth-order valence-electron chi connectivity index (χ4n) is 4.21. The number of rotatable bonds is 5. The number of nitrogens with one attached hydrogen (secondary N) is 1. The van der Waals surface area contributed by atoms with Gasteiger partial charge in [-0.05, 0) is 68.1 Å². The Morgan fingerprint density at radius 3 is 2.39 bits per heavy atom. The predicted molar refractivity (Wildman–Crippen MR) is 133 cm³/mol. The molecule has 0 radical (unpaired) electrons. The smallest absolute Gasteiger partial charge is 0.261 e. The first kappa shape index (κ1) is 22.2. The summed E-state index contributed by atoms with van der Waals surface area (Å²) in [5.41, 5.74) is 6.57. The Morgan fingerprint density at radius 2 is 1.70 bits per heavy atom. The van der Waals surface area contributed by atoms with Crippen molar-refractivity contribution < 1.29 is 4.79 Å². The highest BCUT2D eigenvalue weighted by atomic mass is 16.2. The molecule has 0 aliphatic carbocycles. The van der Waals surface area contributed by atoms with E-state index < -0.39 is 5.91 Å². The van der Waals surface area contributed by atoms with Crippen molar-refractivity contribution in [3.05, 3.63) is 111 Å². The van der Waals surface area contributed by atoms with E-state index in [4.69, 9.17) is 0 Å². The monoisotopic (exact) mass is 437 g/mol. The van der Waals surface area contributed by atoms with Gasteiger partial charge in [0, 0.05) is 41.1 Å². The molecule has 4 rings (SSSR count). The lowest BCUT2D eigenvalue weighted by Crippen LogP contribution is -2.27. The van der Waals surface area contributed by atoms with E-state index in [1.54, 1.807) is 12.4 Å². The zero-order valence-electron chi connectivity index (χ0n) is 19.3. The molecule has 33 heavy (non-hydrogen) atoms. The number of amides is 1. The fourth-order valence-corrected chi connectivity index (χ4v) is 4.21. The molecule has 5 nitrogen and oxygen atoms in total. The van der Waals surface area contributed by atoms with Crippen molar-refractivity contribution in [2.75, 3.05) is 5.32 Å². The number of carbonyl (C=O) groups is 1. The van der Waals surface area contributed by atoms with Gasteiger partial charge in [-0.25, -0.2) is 0 Å². The second-order valence-corrected chi connectivity index (χ2v) is 8.20. The van der Waals surface area contributed by atoms with Crippen molar-refractivity contribution in [2.24, 2.45) is 0 Å². The number of carbonyl (C=O) groups excluding carboxylic acids is 1. The van der Waals surface area contributed by atoms with E-state index in [0.717, 1.165) is 45.7 Å². The number of hydrogen-bond acceptors (Lipinski definition) is 3. The largest absolute Gasteiger partial charge is 0.321 e. The molecule has 0 aliphatic heterocycles. The Morgan fingerprint density at radius 1 is 0.970 bits per heavy atom. The van der Waals surface area contributed by atoms with Crippen LogP contribution in [0.5, 0.6) is 0 Å². The summed E-state index contributed by atoms with van der Waals surface area (Å²) in [6.07, 6.45) is 4.11. The van der Waals surface area contributed by atoms with Crippen molar-refractivity contribution >= 4 is 11.6 Å². The van der Waals surface area contributed by atoms with Gasteiger partial charge in [-0.2, -0.15) is 0 Å². The van der Waals surface area contributed by atoms with Crippen LogP contribution in [-0.2, 0) is 6.42 Å². The maximum absolute atomic E-state index is 13.7. The molecule has 0 fully saturated rings. The van der Waals surface area contributed by atoms with Crippen molar-refractivity contribution in [3.63, 3.8) is 0 Å². The molecule has 0 saturated carbocycles. The first-order valence-electron chi connectivity index (χ1n) is 11.0. The van der Waals surface area contributed by atoms with E-state index in [0.29, 0.717) is 5.69 Å². The minimum absolute atomic E-state index is 0.110. The van der Waals surface area contributed by atoms with Gasteiger partial charge in [0.2, 0.25) is 0 Å².